The molecule has 0 bridgehead atoms. The quantitative estimate of drug-likeness (QED) is 0.659. The van der Waals surface area contributed by atoms with Gasteiger partial charge in [0, 0.05) is 5.69 Å². The summed E-state index contributed by atoms with van der Waals surface area (Å²) in [5.41, 5.74) is 3.31. The van der Waals surface area contributed by atoms with Crippen LogP contribution in [-0.2, 0) is 0 Å². The summed E-state index contributed by atoms with van der Waals surface area (Å²) >= 11 is 7.76. The minimum atomic E-state index is 0.515. The zero-order valence-electron chi connectivity index (χ0n) is 11.4. The lowest BCUT2D eigenvalue weighted by atomic mass is 10.0. The van der Waals surface area contributed by atoms with Crippen LogP contribution in [0.2, 0.25) is 5.02 Å². The predicted molar refractivity (Wildman–Crippen MR) is 88.4 cm³/mol. The lowest BCUT2D eigenvalue weighted by Crippen LogP contribution is -1.92. The monoisotopic (exact) mass is 302 g/mol. The molecule has 1 N–H and O–H groups in total. The van der Waals surface area contributed by atoms with E-state index in [1.807, 2.05) is 18.2 Å². The van der Waals surface area contributed by atoms with Crippen LogP contribution >= 0.6 is 22.9 Å². The second-order valence-corrected chi connectivity index (χ2v) is 6.42. The van der Waals surface area contributed by atoms with Gasteiger partial charge < -0.3 is 5.32 Å². The van der Waals surface area contributed by atoms with E-state index in [9.17, 15) is 0 Å². The molecule has 1 heterocycles. The number of benzene rings is 2. The van der Waals surface area contributed by atoms with Gasteiger partial charge in [0.1, 0.15) is 0 Å². The summed E-state index contributed by atoms with van der Waals surface area (Å²) < 4.78 is 1.02. The average Bonchev–Trinajstić information content (AvgIpc) is 2.83. The van der Waals surface area contributed by atoms with Gasteiger partial charge in [-0.3, -0.25) is 0 Å². The van der Waals surface area contributed by atoms with E-state index in [2.05, 4.69) is 48.4 Å². The van der Waals surface area contributed by atoms with Gasteiger partial charge in [0.2, 0.25) is 0 Å². The Morgan fingerprint density at radius 2 is 1.95 bits per heavy atom. The van der Waals surface area contributed by atoms with Crippen molar-refractivity contribution in [2.24, 2.45) is 0 Å². The van der Waals surface area contributed by atoms with Gasteiger partial charge in [0.25, 0.3) is 0 Å². The van der Waals surface area contributed by atoms with Crippen LogP contribution in [0.5, 0.6) is 0 Å². The first-order valence-corrected chi connectivity index (χ1v) is 7.75. The fraction of sp³-hybridized carbons (Fsp3) is 0.188. The van der Waals surface area contributed by atoms with Crippen LogP contribution in [0.4, 0.5) is 10.8 Å². The number of nitrogens with zero attached hydrogens (tertiary/aromatic N) is 1. The molecule has 2 nitrogen and oxygen atoms in total. The van der Waals surface area contributed by atoms with Crippen molar-refractivity contribution in [3.8, 4) is 0 Å². The number of aromatic nitrogens is 1. The summed E-state index contributed by atoms with van der Waals surface area (Å²) in [6.07, 6.45) is 0. The third kappa shape index (κ3) is 2.65. The van der Waals surface area contributed by atoms with Crippen LogP contribution < -0.4 is 5.32 Å². The van der Waals surface area contributed by atoms with Gasteiger partial charge in [-0.15, -0.1) is 0 Å². The fourth-order valence-corrected chi connectivity index (χ4v) is 3.24. The van der Waals surface area contributed by atoms with Gasteiger partial charge >= 0.3 is 0 Å². The number of hydrogen-bond donors (Lipinski definition) is 1. The molecule has 0 radical (unpaired) electrons. The van der Waals surface area contributed by atoms with E-state index in [-0.39, 0.29) is 0 Å². The molecule has 0 saturated carbocycles. The Bertz CT molecular complexity index is 749. The molecule has 0 spiro atoms. The van der Waals surface area contributed by atoms with Crippen molar-refractivity contribution in [3.05, 3.63) is 53.1 Å². The highest BCUT2D eigenvalue weighted by atomic mass is 35.5. The Morgan fingerprint density at radius 1 is 1.15 bits per heavy atom. The Balaban J connectivity index is 1.93. The first-order chi connectivity index (χ1) is 9.63. The van der Waals surface area contributed by atoms with Crippen LogP contribution in [0.15, 0.2) is 42.5 Å². The second kappa shape index (κ2) is 5.43. The first-order valence-electron chi connectivity index (χ1n) is 6.55. The van der Waals surface area contributed by atoms with Crippen LogP contribution in [-0.4, -0.2) is 4.98 Å². The largest absolute Gasteiger partial charge is 0.332 e. The maximum absolute atomic E-state index is 6.18. The first kappa shape index (κ1) is 13.4. The third-order valence-electron chi connectivity index (χ3n) is 3.17. The van der Waals surface area contributed by atoms with Gasteiger partial charge in [-0.25, -0.2) is 4.98 Å². The van der Waals surface area contributed by atoms with Crippen LogP contribution in [0.1, 0.15) is 25.3 Å². The van der Waals surface area contributed by atoms with E-state index in [0.717, 1.165) is 26.1 Å². The molecular weight excluding hydrogens is 288 g/mol. The highest BCUT2D eigenvalue weighted by molar-refractivity contribution is 7.22. The molecule has 20 heavy (non-hydrogen) atoms. The van der Waals surface area contributed by atoms with Crippen molar-refractivity contribution in [3.63, 3.8) is 0 Å². The van der Waals surface area contributed by atoms with E-state index in [1.165, 1.54) is 5.56 Å². The van der Waals surface area contributed by atoms with Crippen LogP contribution in [0.3, 0.4) is 0 Å². The van der Waals surface area contributed by atoms with Gasteiger partial charge in [0.05, 0.1) is 15.2 Å². The maximum atomic E-state index is 6.18. The summed E-state index contributed by atoms with van der Waals surface area (Å²) in [7, 11) is 0. The van der Waals surface area contributed by atoms with Gasteiger partial charge in [-0.1, -0.05) is 55.0 Å². The molecule has 0 aliphatic heterocycles. The maximum Gasteiger partial charge on any atom is 0.188 e. The minimum Gasteiger partial charge on any atom is -0.332 e. The summed E-state index contributed by atoms with van der Waals surface area (Å²) in [6.45, 7) is 4.38. The molecule has 0 fully saturated rings. The number of thiazole rings is 1. The van der Waals surface area contributed by atoms with E-state index in [4.69, 9.17) is 11.6 Å². The molecule has 0 amide bonds. The molecule has 102 valence electrons. The lowest BCUT2D eigenvalue weighted by molar-refractivity contribution is 0.867. The number of anilines is 2. The normalized spacial score (nSPS) is 11.2. The highest BCUT2D eigenvalue weighted by Gasteiger charge is 2.07. The minimum absolute atomic E-state index is 0.515. The number of nitrogens with one attached hydrogen (secondary N) is 1. The summed E-state index contributed by atoms with van der Waals surface area (Å²) in [4.78, 5) is 4.57. The van der Waals surface area contributed by atoms with Gasteiger partial charge in [-0.2, -0.15) is 0 Å². The van der Waals surface area contributed by atoms with Crippen LogP contribution in [0, 0.1) is 0 Å². The van der Waals surface area contributed by atoms with Crippen molar-refractivity contribution in [2.75, 3.05) is 5.32 Å². The van der Waals surface area contributed by atoms with Gasteiger partial charge in [-0.05, 0) is 35.7 Å². The molecule has 0 aliphatic rings. The fourth-order valence-electron chi connectivity index (χ4n) is 2.07. The van der Waals surface area contributed by atoms with E-state index in [1.54, 1.807) is 11.3 Å². The molecule has 0 aliphatic carbocycles. The topological polar surface area (TPSA) is 24.9 Å². The zero-order valence-corrected chi connectivity index (χ0v) is 12.9. The van der Waals surface area contributed by atoms with Crippen LogP contribution in [0.25, 0.3) is 10.2 Å². The highest BCUT2D eigenvalue weighted by Crippen LogP contribution is 2.33. The molecule has 0 unspecified atom stereocenters. The average molecular weight is 303 g/mol. The standard InChI is InChI=1S/C16H15ClN2S/c1-10(2)11-5-3-6-12(9-11)18-16-19-14-8-4-7-13(17)15(14)20-16/h3-10H,1-2H3,(H,18,19). The van der Waals surface area contributed by atoms with E-state index in [0.29, 0.717) is 5.92 Å². The number of rotatable bonds is 3. The summed E-state index contributed by atoms with van der Waals surface area (Å²) in [6, 6.07) is 14.2. The third-order valence-corrected chi connectivity index (χ3v) is 4.62. The molecule has 3 aromatic rings. The van der Waals surface area contributed by atoms with Gasteiger partial charge in [0.15, 0.2) is 5.13 Å². The summed E-state index contributed by atoms with van der Waals surface area (Å²) in [5.74, 6) is 0.515. The molecule has 1 aromatic heterocycles. The number of hydrogen-bond acceptors (Lipinski definition) is 3. The van der Waals surface area contributed by atoms with Crippen molar-refractivity contribution >= 4 is 44.0 Å². The lowest BCUT2D eigenvalue weighted by Gasteiger charge is -2.08. The SMILES string of the molecule is CC(C)c1cccc(Nc2nc3cccc(Cl)c3s2)c1. The Labute approximate surface area is 127 Å². The molecular formula is C16H15ClN2S. The molecule has 0 saturated heterocycles. The van der Waals surface area contributed by atoms with Crippen molar-refractivity contribution in [2.45, 2.75) is 19.8 Å². The number of halogens is 1. The van der Waals surface area contributed by atoms with Crippen molar-refractivity contribution in [1.82, 2.24) is 4.98 Å². The van der Waals surface area contributed by atoms with Crippen molar-refractivity contribution in [1.29, 1.82) is 0 Å². The molecule has 0 atom stereocenters. The summed E-state index contributed by atoms with van der Waals surface area (Å²) in [5, 5.41) is 4.99. The number of fused-ring (bicyclic) bond motifs is 1. The molecule has 2 aromatic carbocycles. The molecule has 4 heteroatoms. The Hall–Kier alpha value is -1.58. The smallest absolute Gasteiger partial charge is 0.188 e. The molecule has 3 rings (SSSR count). The zero-order chi connectivity index (χ0) is 14.1. The van der Waals surface area contributed by atoms with E-state index < -0.39 is 0 Å². The van der Waals surface area contributed by atoms with E-state index >= 15 is 0 Å². The Morgan fingerprint density at radius 3 is 2.70 bits per heavy atom. The predicted octanol–water partition coefficient (Wildman–Crippen LogP) is 5.82. The van der Waals surface area contributed by atoms with Crippen molar-refractivity contribution < 1.29 is 0 Å². The second-order valence-electron chi connectivity index (χ2n) is 5.01. The Kier molecular flexibility index (Phi) is 3.64.